The van der Waals surface area contributed by atoms with Crippen LogP contribution in [0.2, 0.25) is 11.1 Å². The Morgan fingerprint density at radius 1 is 0.524 bits per heavy atom. The third-order valence-corrected chi connectivity index (χ3v) is 10.7. The molecule has 2 nitrogen and oxygen atoms in total. The average molecular weight is 313 g/mol. The predicted octanol–water partition coefficient (Wildman–Crippen LogP) is 5.95. The molecule has 2 aliphatic rings. The first kappa shape index (κ1) is 17.5. The third kappa shape index (κ3) is 4.55. The van der Waals surface area contributed by atoms with Gasteiger partial charge < -0.3 is 8.85 Å². The zero-order valence-corrected chi connectivity index (χ0v) is 15.4. The summed E-state index contributed by atoms with van der Waals surface area (Å²) in [5.41, 5.74) is 1.47. The van der Waals surface area contributed by atoms with Gasteiger partial charge in [-0.2, -0.15) is 0 Å². The van der Waals surface area contributed by atoms with Crippen LogP contribution >= 0.6 is 0 Å². The fraction of sp³-hybridized carbons (Fsp3) is 1.00. The molecule has 2 aliphatic carbocycles. The largest absolute Gasteiger partial charge is 0.397 e. The zero-order chi connectivity index (χ0) is 15.0. The predicted molar refractivity (Wildman–Crippen MR) is 91.9 cm³/mol. The standard InChI is InChI=1S/C18H36O2Si/c1-19-21(20-2,18-15-11-7-8-12-16-18)17-13-9-5-3-4-6-10-14-17/h17-18H,3-16H2,1-2H3. The van der Waals surface area contributed by atoms with Crippen molar-refractivity contribution in [1.29, 1.82) is 0 Å². The Morgan fingerprint density at radius 3 is 1.10 bits per heavy atom. The minimum absolute atomic E-state index is 0.730. The lowest BCUT2D eigenvalue weighted by Gasteiger charge is -2.41. The van der Waals surface area contributed by atoms with Gasteiger partial charge in [-0.25, -0.2) is 0 Å². The fourth-order valence-corrected chi connectivity index (χ4v) is 9.39. The van der Waals surface area contributed by atoms with Crippen molar-refractivity contribution in [3.8, 4) is 0 Å². The summed E-state index contributed by atoms with van der Waals surface area (Å²) in [4.78, 5) is 0. The van der Waals surface area contributed by atoms with Crippen LogP contribution in [0.4, 0.5) is 0 Å². The second-order valence-electron chi connectivity index (χ2n) is 7.21. The van der Waals surface area contributed by atoms with Crippen molar-refractivity contribution in [3.63, 3.8) is 0 Å². The maximum Gasteiger partial charge on any atom is 0.344 e. The second-order valence-corrected chi connectivity index (χ2v) is 11.1. The van der Waals surface area contributed by atoms with Crippen molar-refractivity contribution in [3.05, 3.63) is 0 Å². The average Bonchev–Trinajstić information content (AvgIpc) is 2.71. The molecule has 0 saturated heterocycles. The summed E-state index contributed by atoms with van der Waals surface area (Å²) in [6.07, 6.45) is 19.5. The van der Waals surface area contributed by atoms with E-state index in [1.54, 1.807) is 0 Å². The highest BCUT2D eigenvalue weighted by Crippen LogP contribution is 2.47. The number of hydrogen-bond donors (Lipinski definition) is 0. The third-order valence-electron chi connectivity index (χ3n) is 5.99. The first-order chi connectivity index (χ1) is 10.3. The molecule has 2 saturated carbocycles. The monoisotopic (exact) mass is 312 g/mol. The van der Waals surface area contributed by atoms with Crippen molar-refractivity contribution < 1.29 is 8.85 Å². The second kappa shape index (κ2) is 9.31. The van der Waals surface area contributed by atoms with E-state index in [1.807, 2.05) is 14.2 Å². The van der Waals surface area contributed by atoms with Crippen LogP contribution < -0.4 is 0 Å². The van der Waals surface area contributed by atoms with E-state index in [2.05, 4.69) is 0 Å². The van der Waals surface area contributed by atoms with E-state index in [4.69, 9.17) is 8.85 Å². The molecule has 0 heterocycles. The summed E-state index contributed by atoms with van der Waals surface area (Å²) in [5.74, 6) is 0. The first-order valence-corrected chi connectivity index (χ1v) is 11.4. The lowest BCUT2D eigenvalue weighted by molar-refractivity contribution is 0.204. The molecule has 0 unspecified atom stereocenters. The van der Waals surface area contributed by atoms with Crippen LogP contribution in [0.3, 0.4) is 0 Å². The summed E-state index contributed by atoms with van der Waals surface area (Å²) in [6, 6.07) is 0. The van der Waals surface area contributed by atoms with E-state index in [9.17, 15) is 0 Å². The molecule has 124 valence electrons. The Labute approximate surface area is 133 Å². The summed E-state index contributed by atoms with van der Waals surface area (Å²) in [5, 5.41) is 0. The van der Waals surface area contributed by atoms with E-state index in [0.29, 0.717) is 0 Å². The van der Waals surface area contributed by atoms with E-state index in [-0.39, 0.29) is 0 Å². The van der Waals surface area contributed by atoms with Crippen LogP contribution in [0.5, 0.6) is 0 Å². The molecule has 3 heteroatoms. The molecule has 0 aromatic heterocycles. The van der Waals surface area contributed by atoms with Gasteiger partial charge in [0.1, 0.15) is 0 Å². The zero-order valence-electron chi connectivity index (χ0n) is 14.4. The molecule has 0 bridgehead atoms. The molecule has 0 aromatic rings. The molecule has 0 spiro atoms. The molecule has 2 rings (SSSR count). The van der Waals surface area contributed by atoms with E-state index in [0.717, 1.165) is 11.1 Å². The first-order valence-electron chi connectivity index (χ1n) is 9.44. The Morgan fingerprint density at radius 2 is 0.810 bits per heavy atom. The molecule has 0 atom stereocenters. The van der Waals surface area contributed by atoms with Crippen LogP contribution in [-0.4, -0.2) is 22.8 Å². The van der Waals surface area contributed by atoms with Crippen LogP contribution in [0.15, 0.2) is 0 Å². The maximum absolute atomic E-state index is 6.28. The van der Waals surface area contributed by atoms with Gasteiger partial charge in [0.25, 0.3) is 0 Å². The topological polar surface area (TPSA) is 18.5 Å². The quantitative estimate of drug-likeness (QED) is 0.471. The molecular weight excluding hydrogens is 276 g/mol. The molecule has 2 fully saturated rings. The van der Waals surface area contributed by atoms with E-state index in [1.165, 1.54) is 89.9 Å². The van der Waals surface area contributed by atoms with Gasteiger partial charge in [-0.3, -0.25) is 0 Å². The van der Waals surface area contributed by atoms with Gasteiger partial charge in [0.15, 0.2) is 0 Å². The van der Waals surface area contributed by atoms with Crippen LogP contribution in [-0.2, 0) is 8.85 Å². The van der Waals surface area contributed by atoms with Gasteiger partial charge in [-0.05, 0) is 25.7 Å². The van der Waals surface area contributed by atoms with Crippen molar-refractivity contribution in [1.82, 2.24) is 0 Å². The van der Waals surface area contributed by atoms with Crippen LogP contribution in [0.25, 0.3) is 0 Å². The van der Waals surface area contributed by atoms with Gasteiger partial charge in [-0.1, -0.05) is 64.2 Å². The van der Waals surface area contributed by atoms with E-state index < -0.39 is 8.56 Å². The molecule has 0 aromatic carbocycles. The van der Waals surface area contributed by atoms with Crippen molar-refractivity contribution in [2.75, 3.05) is 14.2 Å². The molecule has 0 aliphatic heterocycles. The Bertz CT molecular complexity index is 260. The number of hydrogen-bond acceptors (Lipinski definition) is 2. The lowest BCUT2D eigenvalue weighted by atomic mass is 10.1. The lowest BCUT2D eigenvalue weighted by Crippen LogP contribution is -2.49. The van der Waals surface area contributed by atoms with Gasteiger partial charge in [0.2, 0.25) is 0 Å². The normalized spacial score (nSPS) is 24.9. The van der Waals surface area contributed by atoms with Gasteiger partial charge in [-0.15, -0.1) is 0 Å². The number of rotatable bonds is 4. The smallest absolute Gasteiger partial charge is 0.344 e. The molecule has 0 N–H and O–H groups in total. The summed E-state index contributed by atoms with van der Waals surface area (Å²) in [6.45, 7) is 0. The minimum atomic E-state index is -2.05. The SMILES string of the molecule is CO[Si](OC)(C1CCCCCCCC1)C1CCCCCC1. The summed E-state index contributed by atoms with van der Waals surface area (Å²) in [7, 11) is 1.85. The summed E-state index contributed by atoms with van der Waals surface area (Å²) < 4.78 is 12.6. The molecule has 0 radical (unpaired) electrons. The Kier molecular flexibility index (Phi) is 7.76. The van der Waals surface area contributed by atoms with Crippen LogP contribution in [0, 0.1) is 0 Å². The summed E-state index contributed by atoms with van der Waals surface area (Å²) >= 11 is 0. The molecule has 0 amide bonds. The van der Waals surface area contributed by atoms with Crippen LogP contribution in [0.1, 0.15) is 89.9 Å². The van der Waals surface area contributed by atoms with E-state index >= 15 is 0 Å². The highest BCUT2D eigenvalue weighted by Gasteiger charge is 2.50. The van der Waals surface area contributed by atoms with Crippen molar-refractivity contribution >= 4 is 8.56 Å². The Balaban J connectivity index is 2.12. The van der Waals surface area contributed by atoms with Gasteiger partial charge in [0, 0.05) is 25.3 Å². The highest BCUT2D eigenvalue weighted by atomic mass is 28.4. The van der Waals surface area contributed by atoms with Crippen molar-refractivity contribution in [2.24, 2.45) is 0 Å². The molecular formula is C18H36O2Si. The minimum Gasteiger partial charge on any atom is -0.397 e. The van der Waals surface area contributed by atoms with Crippen molar-refractivity contribution in [2.45, 2.75) is 101 Å². The Hall–Kier alpha value is 0.137. The maximum atomic E-state index is 6.28. The van der Waals surface area contributed by atoms with Gasteiger partial charge in [0.05, 0.1) is 0 Å². The highest BCUT2D eigenvalue weighted by molar-refractivity contribution is 6.70. The fourth-order valence-electron chi connectivity index (χ4n) is 4.80. The van der Waals surface area contributed by atoms with Gasteiger partial charge >= 0.3 is 8.56 Å². The molecule has 21 heavy (non-hydrogen) atoms.